The van der Waals surface area contributed by atoms with E-state index in [0.29, 0.717) is 18.2 Å². The van der Waals surface area contributed by atoms with Crippen molar-refractivity contribution in [3.05, 3.63) is 12.5 Å². The van der Waals surface area contributed by atoms with Crippen LogP contribution in [-0.2, 0) is 32.7 Å². The summed E-state index contributed by atoms with van der Waals surface area (Å²) < 4.78 is 7.22. The summed E-state index contributed by atoms with van der Waals surface area (Å²) in [7, 11) is 4.47. The number of nitrogens with two attached hydrogens (primary N) is 1. The molecule has 1 heterocycles. The Morgan fingerprint density at radius 2 is 2.43 bits per heavy atom. The topological polar surface area (TPSA) is 64.3 Å². The van der Waals surface area contributed by atoms with E-state index in [9.17, 15) is 0 Å². The third-order valence-electron chi connectivity index (χ3n) is 1.34. The average molecular weight is 288 g/mol. The fraction of sp³-hybridized carbons (Fsp3) is 0.429. The number of ether oxygens (including phenoxy) is 1. The molecule has 1 radical (unpaired) electrons. The summed E-state index contributed by atoms with van der Waals surface area (Å²) in [6, 6.07) is 0. The van der Waals surface area contributed by atoms with Gasteiger partial charge in [0.2, 0.25) is 0 Å². The van der Waals surface area contributed by atoms with E-state index in [1.54, 1.807) is 0 Å². The van der Waals surface area contributed by atoms with Gasteiger partial charge in [-0.25, -0.2) is 0 Å². The van der Waals surface area contributed by atoms with E-state index in [2.05, 4.69) is 25.6 Å². The van der Waals surface area contributed by atoms with E-state index < -0.39 is 0 Å². The first kappa shape index (κ1) is 14.2. The van der Waals surface area contributed by atoms with Gasteiger partial charge in [0.1, 0.15) is 0 Å². The molecule has 2 N–H and O–H groups in total. The predicted molar refractivity (Wildman–Crippen MR) is 53.1 cm³/mol. The number of hydrogen-bond acceptors (Lipinski definition) is 5. The third kappa shape index (κ3) is 5.15. The molecule has 0 aromatic carbocycles. The Kier molecular flexibility index (Phi) is 7.56. The van der Waals surface area contributed by atoms with E-state index in [-0.39, 0.29) is 32.7 Å². The van der Waals surface area contributed by atoms with Gasteiger partial charge in [0.15, 0.2) is 0 Å². The summed E-state index contributed by atoms with van der Waals surface area (Å²) in [4.78, 5) is 7.45. The van der Waals surface area contributed by atoms with Crippen molar-refractivity contribution in [2.75, 3.05) is 25.9 Å². The fourth-order valence-electron chi connectivity index (χ4n) is 0.692. The zero-order chi connectivity index (χ0) is 9.68. The molecule has 0 saturated heterocycles. The SMILES string of the molecule is CN(P)CCOc1[c-]ncnc1N.[Y]. The Labute approximate surface area is 111 Å². The van der Waals surface area contributed by atoms with E-state index in [0.717, 1.165) is 6.54 Å². The van der Waals surface area contributed by atoms with Crippen molar-refractivity contribution in [2.45, 2.75) is 0 Å². The Bertz CT molecular complexity index is 274. The molecule has 7 heteroatoms. The maximum Gasteiger partial charge on any atom is 0.0983 e. The van der Waals surface area contributed by atoms with Gasteiger partial charge in [-0.3, -0.25) is 4.67 Å². The predicted octanol–water partition coefficient (Wildman–Crippen LogP) is -0.0428. The summed E-state index contributed by atoms with van der Waals surface area (Å²) in [6.07, 6.45) is 3.96. The molecule has 1 aromatic heterocycles. The number of likely N-dealkylation sites (N-methyl/N-ethyl adjacent to an activating group) is 1. The molecular formula is C7H12N4OPY-. The molecule has 5 nitrogen and oxygen atoms in total. The van der Waals surface area contributed by atoms with Crippen molar-refractivity contribution < 1.29 is 37.4 Å². The van der Waals surface area contributed by atoms with E-state index >= 15 is 0 Å². The Morgan fingerprint density at radius 3 is 3.00 bits per heavy atom. The molecule has 1 atom stereocenters. The van der Waals surface area contributed by atoms with Gasteiger partial charge in [-0.1, -0.05) is 9.39 Å². The molecule has 1 rings (SSSR count). The van der Waals surface area contributed by atoms with Crippen LogP contribution in [0.2, 0.25) is 0 Å². The van der Waals surface area contributed by atoms with Crippen molar-refractivity contribution in [1.82, 2.24) is 14.6 Å². The minimum Gasteiger partial charge on any atom is -0.513 e. The van der Waals surface area contributed by atoms with Crippen LogP contribution in [-0.4, -0.2) is 34.8 Å². The van der Waals surface area contributed by atoms with Crippen LogP contribution in [0.3, 0.4) is 0 Å². The summed E-state index contributed by atoms with van der Waals surface area (Å²) in [5.41, 5.74) is 5.51. The van der Waals surface area contributed by atoms with Crippen LogP contribution < -0.4 is 10.5 Å². The third-order valence-corrected chi connectivity index (χ3v) is 1.60. The van der Waals surface area contributed by atoms with Crippen LogP contribution in [0.1, 0.15) is 0 Å². The van der Waals surface area contributed by atoms with Crippen LogP contribution in [0, 0.1) is 6.20 Å². The molecule has 0 spiro atoms. The summed E-state index contributed by atoms with van der Waals surface area (Å²) in [6.45, 7) is 1.32. The quantitative estimate of drug-likeness (QED) is 0.622. The van der Waals surface area contributed by atoms with Gasteiger partial charge in [-0.2, -0.15) is 0 Å². The molecule has 1 unspecified atom stereocenters. The number of nitrogens with zero attached hydrogens (tertiary/aromatic N) is 3. The van der Waals surface area contributed by atoms with Crippen LogP contribution in [0.4, 0.5) is 5.82 Å². The summed E-state index contributed by atoms with van der Waals surface area (Å²) in [5, 5.41) is 0. The first-order valence-electron chi connectivity index (χ1n) is 3.77. The molecule has 14 heavy (non-hydrogen) atoms. The minimum atomic E-state index is 0. The van der Waals surface area contributed by atoms with Crippen molar-refractivity contribution in [3.8, 4) is 5.75 Å². The van der Waals surface area contributed by atoms with E-state index in [1.807, 2.05) is 11.7 Å². The summed E-state index contributed by atoms with van der Waals surface area (Å²) >= 11 is 0. The van der Waals surface area contributed by atoms with Crippen molar-refractivity contribution in [1.29, 1.82) is 0 Å². The van der Waals surface area contributed by atoms with Crippen LogP contribution in [0.25, 0.3) is 0 Å². The second kappa shape index (κ2) is 7.46. The largest absolute Gasteiger partial charge is 0.513 e. The number of aromatic nitrogens is 2. The first-order chi connectivity index (χ1) is 6.20. The van der Waals surface area contributed by atoms with Crippen LogP contribution >= 0.6 is 9.39 Å². The summed E-state index contributed by atoms with van der Waals surface area (Å²) in [5.74, 6) is 0.732. The van der Waals surface area contributed by atoms with Gasteiger partial charge in [-0.15, -0.1) is 0 Å². The number of hydrogen-bond donors (Lipinski definition) is 1. The molecule has 0 fully saturated rings. The Balaban J connectivity index is 0.00000169. The minimum absolute atomic E-state index is 0. The van der Waals surface area contributed by atoms with Gasteiger partial charge in [0, 0.05) is 45.6 Å². The molecular weight excluding hydrogens is 276 g/mol. The van der Waals surface area contributed by atoms with Crippen molar-refractivity contribution in [2.24, 2.45) is 0 Å². The molecule has 0 amide bonds. The van der Waals surface area contributed by atoms with Crippen LogP contribution in [0.15, 0.2) is 6.33 Å². The Hall–Kier alpha value is 0.174. The first-order valence-corrected chi connectivity index (χ1v) is 4.28. The maximum atomic E-state index is 5.51. The number of rotatable bonds is 4. The molecule has 75 valence electrons. The second-order valence-corrected chi connectivity index (χ2v) is 3.41. The van der Waals surface area contributed by atoms with Gasteiger partial charge < -0.3 is 20.4 Å². The van der Waals surface area contributed by atoms with Crippen molar-refractivity contribution >= 4 is 15.2 Å². The molecule has 0 aliphatic carbocycles. The van der Waals surface area contributed by atoms with Crippen molar-refractivity contribution in [3.63, 3.8) is 0 Å². The standard InChI is InChI=1S/C7H12N4OP.Y/c1-11(13)2-3-12-6-4-9-5-10-7(6)8;/h5H,2-3,13H2,1H3,(H2,8,9,10);/q-1;. The number of anilines is 1. The molecule has 0 saturated carbocycles. The number of nitrogen functional groups attached to an aromatic ring is 1. The smallest absolute Gasteiger partial charge is 0.0983 e. The second-order valence-electron chi connectivity index (χ2n) is 2.53. The van der Waals surface area contributed by atoms with Gasteiger partial charge in [0.05, 0.1) is 18.2 Å². The zero-order valence-corrected chi connectivity index (χ0v) is 12.0. The molecule has 0 aliphatic heterocycles. The van der Waals surface area contributed by atoms with Gasteiger partial charge in [0.25, 0.3) is 0 Å². The van der Waals surface area contributed by atoms with Gasteiger partial charge >= 0.3 is 0 Å². The van der Waals surface area contributed by atoms with Gasteiger partial charge in [-0.05, 0) is 13.2 Å². The van der Waals surface area contributed by atoms with E-state index in [1.165, 1.54) is 6.33 Å². The normalized spacial score (nSPS) is 9.64. The fourth-order valence-corrected chi connectivity index (χ4v) is 0.798. The van der Waals surface area contributed by atoms with Crippen LogP contribution in [0.5, 0.6) is 5.75 Å². The maximum absolute atomic E-state index is 5.51. The van der Waals surface area contributed by atoms with E-state index in [4.69, 9.17) is 10.5 Å². The average Bonchev–Trinajstić information content (AvgIpc) is 2.08. The zero-order valence-electron chi connectivity index (χ0n) is 7.97. The molecule has 1 aromatic rings. The Morgan fingerprint density at radius 1 is 1.71 bits per heavy atom. The molecule has 0 bridgehead atoms. The monoisotopic (exact) mass is 288 g/mol. The molecule has 0 aliphatic rings.